The zero-order valence-corrected chi connectivity index (χ0v) is 13.7. The molecule has 0 unspecified atom stereocenters. The maximum absolute atomic E-state index is 12.6. The summed E-state index contributed by atoms with van der Waals surface area (Å²) in [5, 5.41) is 0.640. The Kier molecular flexibility index (Phi) is 4.38. The molecule has 6 nitrogen and oxygen atoms in total. The predicted molar refractivity (Wildman–Crippen MR) is 90.4 cm³/mol. The van der Waals surface area contributed by atoms with E-state index in [1.54, 1.807) is 22.9 Å². The summed E-state index contributed by atoms with van der Waals surface area (Å²) in [4.78, 5) is 37.7. The third-order valence-electron chi connectivity index (χ3n) is 4.70. The highest BCUT2D eigenvalue weighted by Gasteiger charge is 2.23. The van der Waals surface area contributed by atoms with E-state index in [4.69, 9.17) is 5.73 Å². The van der Waals surface area contributed by atoms with E-state index in [0.29, 0.717) is 11.3 Å². The number of nitrogens with two attached hydrogens (primary N) is 1. The number of fused-ring (bicyclic) bond motifs is 1. The number of primary amides is 1. The summed E-state index contributed by atoms with van der Waals surface area (Å²) < 4.78 is 1.73. The lowest BCUT2D eigenvalue weighted by Gasteiger charge is -2.30. The predicted octanol–water partition coefficient (Wildman–Crippen LogP) is 1.57. The van der Waals surface area contributed by atoms with Crippen LogP contribution >= 0.6 is 0 Å². The Morgan fingerprint density at radius 1 is 1.17 bits per heavy atom. The molecule has 2 N–H and O–H groups in total. The first kappa shape index (κ1) is 16.2. The molecule has 3 rings (SSSR count). The van der Waals surface area contributed by atoms with Crippen LogP contribution in [0.3, 0.4) is 0 Å². The first-order valence-electron chi connectivity index (χ1n) is 8.17. The minimum absolute atomic E-state index is 0.0285. The maximum Gasteiger partial charge on any atom is 0.289 e. The van der Waals surface area contributed by atoms with E-state index in [1.165, 1.54) is 0 Å². The van der Waals surface area contributed by atoms with Crippen LogP contribution in [0.5, 0.6) is 0 Å². The van der Waals surface area contributed by atoms with Crippen molar-refractivity contribution >= 4 is 28.5 Å². The topological polar surface area (TPSA) is 85.4 Å². The lowest BCUT2D eigenvalue weighted by molar-refractivity contribution is -0.133. The number of para-hydroxylation sites is 1. The van der Waals surface area contributed by atoms with Crippen molar-refractivity contribution < 1.29 is 14.4 Å². The fourth-order valence-electron chi connectivity index (χ4n) is 3.19. The molecule has 0 saturated carbocycles. The van der Waals surface area contributed by atoms with Crippen LogP contribution in [0.4, 0.5) is 0 Å². The fraction of sp³-hybridized carbons (Fsp3) is 0.389. The van der Waals surface area contributed by atoms with Crippen molar-refractivity contribution in [2.24, 2.45) is 11.7 Å². The molecule has 2 aromatic rings. The smallest absolute Gasteiger partial charge is 0.289 e. The second-order valence-electron chi connectivity index (χ2n) is 6.44. The number of rotatable bonds is 4. The van der Waals surface area contributed by atoms with Gasteiger partial charge in [-0.25, -0.2) is 0 Å². The number of piperidine rings is 1. The molecule has 1 saturated heterocycles. The average Bonchev–Trinajstić information content (AvgIpc) is 2.93. The molecule has 0 radical (unpaired) electrons. The lowest BCUT2D eigenvalue weighted by atomic mass is 9.99. The van der Waals surface area contributed by atoms with E-state index in [2.05, 4.69) is 6.92 Å². The monoisotopic (exact) mass is 327 g/mol. The normalized spacial score (nSPS) is 15.6. The number of amides is 2. The van der Waals surface area contributed by atoms with Gasteiger partial charge in [-0.2, -0.15) is 0 Å². The minimum Gasteiger partial charge on any atom is -0.363 e. The number of nitrogens with zero attached hydrogens (tertiary/aromatic N) is 2. The minimum atomic E-state index is -0.991. The summed E-state index contributed by atoms with van der Waals surface area (Å²) in [6, 6.07) is 7.22. The Labute approximate surface area is 140 Å². The van der Waals surface area contributed by atoms with Gasteiger partial charge in [0.2, 0.25) is 5.91 Å². The van der Waals surface area contributed by atoms with Gasteiger partial charge in [-0.3, -0.25) is 14.4 Å². The van der Waals surface area contributed by atoms with Crippen LogP contribution in [0.15, 0.2) is 30.5 Å². The highest BCUT2D eigenvalue weighted by atomic mass is 16.2. The van der Waals surface area contributed by atoms with Crippen molar-refractivity contribution in [3.63, 3.8) is 0 Å². The molecule has 1 aliphatic heterocycles. The summed E-state index contributed by atoms with van der Waals surface area (Å²) in [7, 11) is 0. The van der Waals surface area contributed by atoms with E-state index in [-0.39, 0.29) is 18.0 Å². The molecule has 1 fully saturated rings. The SMILES string of the molecule is CC1CCN(C(=O)Cn2cc(C(=O)C(N)=O)c3ccccc32)CC1. The van der Waals surface area contributed by atoms with Crippen LogP contribution in [0, 0.1) is 5.92 Å². The number of likely N-dealkylation sites (tertiary alicyclic amines) is 1. The van der Waals surface area contributed by atoms with Crippen molar-refractivity contribution in [1.82, 2.24) is 9.47 Å². The second kappa shape index (κ2) is 6.47. The first-order valence-corrected chi connectivity index (χ1v) is 8.17. The number of Topliss-reactive ketones (excluding diaryl/α,β-unsaturated/α-hetero) is 1. The van der Waals surface area contributed by atoms with Crippen molar-refractivity contribution in [2.45, 2.75) is 26.3 Å². The van der Waals surface area contributed by atoms with E-state index in [1.807, 2.05) is 17.0 Å². The number of benzene rings is 1. The van der Waals surface area contributed by atoms with Gasteiger partial charge < -0.3 is 15.2 Å². The standard InChI is InChI=1S/C18H21N3O3/c1-12-6-8-20(9-7-12)16(22)11-21-10-14(17(23)18(19)24)13-4-2-3-5-15(13)21/h2-5,10,12H,6-9,11H2,1H3,(H2,19,24). The molecule has 2 amide bonds. The first-order chi connectivity index (χ1) is 11.5. The summed E-state index contributed by atoms with van der Waals surface area (Å²) >= 11 is 0. The molecule has 1 aromatic carbocycles. The lowest BCUT2D eigenvalue weighted by Crippen LogP contribution is -2.39. The summed E-state index contributed by atoms with van der Waals surface area (Å²) in [5.74, 6) is -1.04. The molecule has 6 heteroatoms. The van der Waals surface area contributed by atoms with Gasteiger partial charge in [0.1, 0.15) is 6.54 Å². The van der Waals surface area contributed by atoms with Crippen LogP contribution in [0.2, 0.25) is 0 Å². The number of aromatic nitrogens is 1. The summed E-state index contributed by atoms with van der Waals surface area (Å²) in [6.07, 6.45) is 3.59. The summed E-state index contributed by atoms with van der Waals surface area (Å²) in [5.41, 5.74) is 6.13. The van der Waals surface area contributed by atoms with Gasteiger partial charge in [-0.15, -0.1) is 0 Å². The zero-order chi connectivity index (χ0) is 17.3. The van der Waals surface area contributed by atoms with Crippen molar-refractivity contribution in [3.8, 4) is 0 Å². The second-order valence-corrected chi connectivity index (χ2v) is 6.44. The molecular formula is C18H21N3O3. The van der Waals surface area contributed by atoms with Crippen molar-refractivity contribution in [3.05, 3.63) is 36.0 Å². The van der Waals surface area contributed by atoms with Crippen molar-refractivity contribution in [2.75, 3.05) is 13.1 Å². The Balaban J connectivity index is 1.88. The van der Waals surface area contributed by atoms with Crippen LogP contribution in [-0.4, -0.2) is 40.2 Å². The zero-order valence-electron chi connectivity index (χ0n) is 13.7. The molecule has 0 aliphatic carbocycles. The van der Waals surface area contributed by atoms with Crippen LogP contribution < -0.4 is 5.73 Å². The van der Waals surface area contributed by atoms with Gasteiger partial charge in [0.25, 0.3) is 11.7 Å². The van der Waals surface area contributed by atoms with Gasteiger partial charge in [0.15, 0.2) is 0 Å². The summed E-state index contributed by atoms with van der Waals surface area (Å²) in [6.45, 7) is 3.89. The number of ketones is 1. The fourth-order valence-corrected chi connectivity index (χ4v) is 3.19. The Morgan fingerprint density at radius 3 is 2.50 bits per heavy atom. The van der Waals surface area contributed by atoms with Gasteiger partial charge >= 0.3 is 0 Å². The molecule has 0 bridgehead atoms. The number of hydrogen-bond donors (Lipinski definition) is 1. The van der Waals surface area contributed by atoms with E-state index in [9.17, 15) is 14.4 Å². The van der Waals surface area contributed by atoms with Gasteiger partial charge in [0.05, 0.1) is 5.56 Å². The van der Waals surface area contributed by atoms with Crippen LogP contribution in [0.25, 0.3) is 10.9 Å². The Morgan fingerprint density at radius 2 is 1.83 bits per heavy atom. The van der Waals surface area contributed by atoms with Crippen LogP contribution in [0.1, 0.15) is 30.1 Å². The van der Waals surface area contributed by atoms with Crippen LogP contribution in [-0.2, 0) is 16.1 Å². The third-order valence-corrected chi connectivity index (χ3v) is 4.70. The van der Waals surface area contributed by atoms with Gasteiger partial charge in [-0.05, 0) is 24.8 Å². The maximum atomic E-state index is 12.6. The van der Waals surface area contributed by atoms with Crippen molar-refractivity contribution in [1.29, 1.82) is 0 Å². The van der Waals surface area contributed by atoms with Gasteiger partial charge in [0, 0.05) is 30.2 Å². The number of carbonyl (C=O) groups is 3. The van der Waals surface area contributed by atoms with Gasteiger partial charge in [-0.1, -0.05) is 25.1 Å². The molecule has 1 aromatic heterocycles. The molecule has 24 heavy (non-hydrogen) atoms. The third kappa shape index (κ3) is 3.04. The number of hydrogen-bond acceptors (Lipinski definition) is 3. The van der Waals surface area contributed by atoms with E-state index in [0.717, 1.165) is 31.4 Å². The quantitative estimate of drug-likeness (QED) is 0.683. The average molecular weight is 327 g/mol. The van der Waals surface area contributed by atoms with E-state index >= 15 is 0 Å². The Hall–Kier alpha value is -2.63. The number of carbonyl (C=O) groups excluding carboxylic acids is 3. The Bertz CT molecular complexity index is 801. The molecule has 126 valence electrons. The molecular weight excluding hydrogens is 306 g/mol. The molecule has 0 spiro atoms. The molecule has 2 heterocycles. The molecule has 0 atom stereocenters. The van der Waals surface area contributed by atoms with E-state index < -0.39 is 11.7 Å². The largest absolute Gasteiger partial charge is 0.363 e. The highest BCUT2D eigenvalue weighted by molar-refractivity contribution is 6.44. The molecule has 1 aliphatic rings. The highest BCUT2D eigenvalue weighted by Crippen LogP contribution is 2.23.